The van der Waals surface area contributed by atoms with Gasteiger partial charge in [0, 0.05) is 12.0 Å². The summed E-state index contributed by atoms with van der Waals surface area (Å²) in [6, 6.07) is 13.0. The molecule has 3 aromatic rings. The molecule has 1 fully saturated rings. The van der Waals surface area contributed by atoms with E-state index in [0.717, 1.165) is 6.07 Å². The first kappa shape index (κ1) is 24.7. The molecule has 1 aliphatic heterocycles. The smallest absolute Gasteiger partial charge is 0.340 e. The quantitative estimate of drug-likeness (QED) is 0.284. The van der Waals surface area contributed by atoms with Gasteiger partial charge in [0.05, 0.1) is 16.7 Å². The van der Waals surface area contributed by atoms with Crippen LogP contribution in [0.5, 0.6) is 17.2 Å². The lowest BCUT2D eigenvalue weighted by Gasteiger charge is -2.44. The van der Waals surface area contributed by atoms with Crippen LogP contribution < -0.4 is 0 Å². The van der Waals surface area contributed by atoms with Crippen LogP contribution >= 0.6 is 0 Å². The van der Waals surface area contributed by atoms with Gasteiger partial charge in [-0.15, -0.1) is 0 Å². The molecule has 0 amide bonds. The number of hydrogen-bond donors (Lipinski definition) is 6. The minimum Gasteiger partial charge on any atom is -0.508 e. The lowest BCUT2D eigenvalue weighted by atomic mass is 9.71. The molecular formula is C27H24O10. The number of phenolic OH excluding ortho intramolecular Hbond substituents is 3. The number of hydrogen-bond acceptors (Lipinski definition) is 10. The van der Waals surface area contributed by atoms with Crippen LogP contribution in [0, 0.1) is 6.92 Å². The Bertz CT molecular complexity index is 1320. The molecule has 1 heterocycles. The van der Waals surface area contributed by atoms with Crippen molar-refractivity contribution in [3.05, 3.63) is 88.0 Å². The first-order valence-electron chi connectivity index (χ1n) is 11.5. The zero-order chi connectivity index (χ0) is 26.6. The zero-order valence-corrected chi connectivity index (χ0v) is 19.5. The standard InChI is InChI=1S/C27H24O10/c1-11-7-14-18(15-9-13(28)10-17(30)20(15)21(31)19(14)16(29)8-11)25-23(33)22(32)24(34)27(36-25)37-26(35)12-5-3-2-4-6-12/h2-10,18,22-25,27-30,32-34H,1H3/t18-,22-,23-,24-,25+,27+/m1/s1. The van der Waals surface area contributed by atoms with Crippen molar-refractivity contribution < 1.29 is 49.7 Å². The summed E-state index contributed by atoms with van der Waals surface area (Å²) in [4.78, 5) is 25.9. The normalized spacial score (nSPS) is 26.8. The van der Waals surface area contributed by atoms with Crippen LogP contribution in [0.4, 0.5) is 0 Å². The summed E-state index contributed by atoms with van der Waals surface area (Å²) in [7, 11) is 0. The fourth-order valence-corrected chi connectivity index (χ4v) is 5.05. The highest BCUT2D eigenvalue weighted by atomic mass is 16.7. The van der Waals surface area contributed by atoms with Crippen molar-refractivity contribution in [1.29, 1.82) is 0 Å². The van der Waals surface area contributed by atoms with E-state index in [9.17, 15) is 40.2 Å². The van der Waals surface area contributed by atoms with E-state index in [0.29, 0.717) is 5.56 Å². The van der Waals surface area contributed by atoms with Crippen LogP contribution in [0.25, 0.3) is 0 Å². The van der Waals surface area contributed by atoms with E-state index in [2.05, 4.69) is 0 Å². The Morgan fingerprint density at radius 3 is 2.14 bits per heavy atom. The van der Waals surface area contributed by atoms with Crippen LogP contribution in [-0.4, -0.2) is 73.1 Å². The summed E-state index contributed by atoms with van der Waals surface area (Å²) in [5.74, 6) is -4.02. The summed E-state index contributed by atoms with van der Waals surface area (Å²) >= 11 is 0. The predicted octanol–water partition coefficient (Wildman–Crippen LogP) is 1.45. The molecule has 0 unspecified atom stereocenters. The number of fused-ring (bicyclic) bond motifs is 2. The van der Waals surface area contributed by atoms with Gasteiger partial charge in [-0.25, -0.2) is 4.79 Å². The highest BCUT2D eigenvalue weighted by molar-refractivity contribution is 6.16. The largest absolute Gasteiger partial charge is 0.508 e. The van der Waals surface area contributed by atoms with E-state index in [4.69, 9.17) is 9.47 Å². The van der Waals surface area contributed by atoms with E-state index in [1.54, 1.807) is 31.2 Å². The molecule has 0 spiro atoms. The van der Waals surface area contributed by atoms with Gasteiger partial charge >= 0.3 is 5.97 Å². The second-order valence-corrected chi connectivity index (χ2v) is 9.20. The number of carbonyl (C=O) groups is 2. The highest BCUT2D eigenvalue weighted by Gasteiger charge is 2.51. The maximum absolute atomic E-state index is 13.3. The Morgan fingerprint density at radius 1 is 0.838 bits per heavy atom. The fraction of sp³-hybridized carbons (Fsp3) is 0.259. The van der Waals surface area contributed by atoms with Crippen LogP contribution in [0.2, 0.25) is 0 Å². The first-order chi connectivity index (χ1) is 17.6. The van der Waals surface area contributed by atoms with Crippen molar-refractivity contribution in [2.24, 2.45) is 0 Å². The number of rotatable bonds is 3. The molecule has 192 valence electrons. The lowest BCUT2D eigenvalue weighted by molar-refractivity contribution is -0.282. The third-order valence-electron chi connectivity index (χ3n) is 6.72. The third-order valence-corrected chi connectivity index (χ3v) is 6.72. The van der Waals surface area contributed by atoms with Gasteiger partial charge in [0.1, 0.15) is 41.7 Å². The van der Waals surface area contributed by atoms with Gasteiger partial charge in [0.15, 0.2) is 0 Å². The highest BCUT2D eigenvalue weighted by Crippen LogP contribution is 2.48. The molecule has 0 saturated carbocycles. The van der Waals surface area contributed by atoms with Crippen molar-refractivity contribution in [3.63, 3.8) is 0 Å². The van der Waals surface area contributed by atoms with E-state index in [-0.39, 0.29) is 39.3 Å². The number of aliphatic hydroxyl groups is 3. The molecule has 10 heteroatoms. The molecule has 1 saturated heterocycles. The van der Waals surface area contributed by atoms with Crippen LogP contribution in [0.1, 0.15) is 48.9 Å². The molecule has 2 aliphatic rings. The Hall–Kier alpha value is -3.96. The number of phenols is 3. The first-order valence-corrected chi connectivity index (χ1v) is 11.5. The van der Waals surface area contributed by atoms with Crippen molar-refractivity contribution >= 4 is 11.8 Å². The van der Waals surface area contributed by atoms with Crippen molar-refractivity contribution in [2.75, 3.05) is 0 Å². The summed E-state index contributed by atoms with van der Waals surface area (Å²) < 4.78 is 11.2. The minimum atomic E-state index is -1.83. The lowest BCUT2D eigenvalue weighted by Crippen LogP contribution is -2.60. The molecule has 3 aromatic carbocycles. The Balaban J connectivity index is 1.62. The number of ether oxygens (including phenoxy) is 2. The van der Waals surface area contributed by atoms with Gasteiger partial charge in [-0.3, -0.25) is 4.79 Å². The van der Waals surface area contributed by atoms with Gasteiger partial charge in [0.25, 0.3) is 0 Å². The third kappa shape index (κ3) is 4.09. The fourth-order valence-electron chi connectivity index (χ4n) is 5.05. The van der Waals surface area contributed by atoms with E-state index < -0.39 is 54.1 Å². The van der Waals surface area contributed by atoms with Crippen molar-refractivity contribution in [2.45, 2.75) is 43.5 Å². The Morgan fingerprint density at radius 2 is 1.46 bits per heavy atom. The second kappa shape index (κ2) is 9.16. The van der Waals surface area contributed by atoms with E-state index in [1.807, 2.05) is 0 Å². The van der Waals surface area contributed by atoms with Crippen LogP contribution in [-0.2, 0) is 9.47 Å². The molecule has 6 atom stereocenters. The Kier molecular flexibility index (Phi) is 6.12. The average molecular weight is 508 g/mol. The predicted molar refractivity (Wildman–Crippen MR) is 126 cm³/mol. The number of aromatic hydroxyl groups is 3. The molecule has 0 radical (unpaired) electrons. The number of ketones is 1. The Labute approximate surface area is 210 Å². The maximum Gasteiger partial charge on any atom is 0.340 e. The van der Waals surface area contributed by atoms with E-state index in [1.165, 1.54) is 24.3 Å². The van der Waals surface area contributed by atoms with Gasteiger partial charge in [-0.1, -0.05) is 24.3 Å². The van der Waals surface area contributed by atoms with Gasteiger partial charge in [-0.2, -0.15) is 0 Å². The van der Waals surface area contributed by atoms with Crippen molar-refractivity contribution in [3.8, 4) is 17.2 Å². The molecule has 1 aliphatic carbocycles. The monoisotopic (exact) mass is 508 g/mol. The average Bonchev–Trinajstić information content (AvgIpc) is 2.84. The summed E-state index contributed by atoms with van der Waals surface area (Å²) in [5, 5.41) is 63.6. The molecule has 5 rings (SSSR count). The van der Waals surface area contributed by atoms with Gasteiger partial charge < -0.3 is 40.1 Å². The number of esters is 1. The number of carbonyl (C=O) groups excluding carboxylic acids is 2. The molecular weight excluding hydrogens is 484 g/mol. The van der Waals surface area contributed by atoms with Gasteiger partial charge in [-0.05, 0) is 47.9 Å². The summed E-state index contributed by atoms with van der Waals surface area (Å²) in [5.41, 5.74) is 0.577. The number of aryl methyl sites for hydroxylation is 1. The molecule has 0 aromatic heterocycles. The number of aliphatic hydroxyl groups excluding tert-OH is 3. The molecule has 37 heavy (non-hydrogen) atoms. The topological polar surface area (TPSA) is 174 Å². The minimum absolute atomic E-state index is 0.0563. The van der Waals surface area contributed by atoms with Crippen molar-refractivity contribution in [1.82, 2.24) is 0 Å². The summed E-state index contributed by atoms with van der Waals surface area (Å²) in [6.45, 7) is 1.66. The van der Waals surface area contributed by atoms with Crippen LogP contribution in [0.3, 0.4) is 0 Å². The molecule has 0 bridgehead atoms. The van der Waals surface area contributed by atoms with Crippen LogP contribution in [0.15, 0.2) is 54.6 Å². The second-order valence-electron chi connectivity index (χ2n) is 9.20. The number of benzene rings is 3. The van der Waals surface area contributed by atoms with E-state index >= 15 is 0 Å². The molecule has 10 nitrogen and oxygen atoms in total. The summed E-state index contributed by atoms with van der Waals surface area (Å²) in [6.07, 6.45) is -8.56. The van der Waals surface area contributed by atoms with Gasteiger partial charge in [0.2, 0.25) is 12.1 Å². The maximum atomic E-state index is 13.3. The zero-order valence-electron chi connectivity index (χ0n) is 19.5. The molecule has 6 N–H and O–H groups in total. The SMILES string of the molecule is Cc1cc(O)c2c(c1)[C@@H]([C@@H]1O[C@@H](OC(=O)c3ccccc3)[C@H](O)[C@H](O)[C@H]1O)c1cc(O)cc(O)c1C2=O.